The van der Waals surface area contributed by atoms with Gasteiger partial charge in [-0.2, -0.15) is 0 Å². The molecule has 2 aromatic carbocycles. The van der Waals surface area contributed by atoms with Crippen molar-refractivity contribution in [3.63, 3.8) is 0 Å². The third-order valence-electron chi connectivity index (χ3n) is 4.98. The molecule has 2 heterocycles. The Hall–Kier alpha value is -3.32. The summed E-state index contributed by atoms with van der Waals surface area (Å²) >= 11 is 1.47. The average molecular weight is 421 g/mol. The first-order chi connectivity index (χ1) is 14.5. The maximum absolute atomic E-state index is 13.3. The van der Waals surface area contributed by atoms with Crippen LogP contribution < -0.4 is 10.5 Å². The number of amides is 1. The van der Waals surface area contributed by atoms with Gasteiger partial charge in [-0.3, -0.25) is 14.2 Å². The third-order valence-corrected chi connectivity index (χ3v) is 5.99. The van der Waals surface area contributed by atoms with Gasteiger partial charge in [0, 0.05) is 22.7 Å². The highest BCUT2D eigenvalue weighted by Gasteiger charge is 2.20. The number of halogens is 1. The second-order valence-electron chi connectivity index (χ2n) is 6.87. The molecule has 0 aliphatic heterocycles. The predicted molar refractivity (Wildman–Crippen MR) is 118 cm³/mol. The van der Waals surface area contributed by atoms with Crippen LogP contribution in [0.25, 0.3) is 21.3 Å². The van der Waals surface area contributed by atoms with Gasteiger partial charge in [0.15, 0.2) is 0 Å². The fraction of sp³-hybridized carbons (Fsp3) is 0.174. The Balaban J connectivity index is 1.73. The van der Waals surface area contributed by atoms with Gasteiger partial charge in [0.1, 0.15) is 17.2 Å². The van der Waals surface area contributed by atoms with Crippen LogP contribution in [0.15, 0.2) is 65.7 Å². The summed E-state index contributed by atoms with van der Waals surface area (Å²) < 4.78 is 14.6. The van der Waals surface area contributed by atoms with E-state index in [-0.39, 0.29) is 23.8 Å². The number of aromatic nitrogens is 2. The topological polar surface area (TPSA) is 55.2 Å². The van der Waals surface area contributed by atoms with Gasteiger partial charge in [-0.25, -0.2) is 9.37 Å². The van der Waals surface area contributed by atoms with Crippen LogP contribution in [-0.2, 0) is 11.3 Å². The number of carbonyl (C=O) groups is 1. The molecule has 4 rings (SSSR count). The summed E-state index contributed by atoms with van der Waals surface area (Å²) in [5.41, 5.74) is 2.15. The SMILES string of the molecule is CCN(C(=O)Cn1cnc2sc(C)c(-c3ccccc3)c2c1=O)c1ccc(F)cc1. The molecule has 0 radical (unpaired) electrons. The lowest BCUT2D eigenvalue weighted by Gasteiger charge is -2.21. The number of thiophene rings is 1. The van der Waals surface area contributed by atoms with Crippen molar-refractivity contribution in [3.05, 3.63) is 82.0 Å². The lowest BCUT2D eigenvalue weighted by molar-refractivity contribution is -0.119. The molecule has 0 atom stereocenters. The van der Waals surface area contributed by atoms with Crippen LogP contribution in [0.1, 0.15) is 11.8 Å². The number of hydrogen-bond donors (Lipinski definition) is 0. The van der Waals surface area contributed by atoms with Gasteiger partial charge < -0.3 is 4.90 Å². The zero-order chi connectivity index (χ0) is 21.3. The van der Waals surface area contributed by atoms with Crippen LogP contribution in [0.3, 0.4) is 0 Å². The highest BCUT2D eigenvalue weighted by atomic mass is 32.1. The lowest BCUT2D eigenvalue weighted by atomic mass is 10.0. The Labute approximate surface area is 177 Å². The molecule has 0 fully saturated rings. The summed E-state index contributed by atoms with van der Waals surface area (Å²) in [5, 5.41) is 0.531. The van der Waals surface area contributed by atoms with Gasteiger partial charge in [0.25, 0.3) is 5.56 Å². The van der Waals surface area contributed by atoms with E-state index in [0.29, 0.717) is 22.4 Å². The van der Waals surface area contributed by atoms with Gasteiger partial charge in [-0.15, -0.1) is 11.3 Å². The maximum atomic E-state index is 13.3. The highest BCUT2D eigenvalue weighted by molar-refractivity contribution is 7.19. The molecule has 0 bridgehead atoms. The largest absolute Gasteiger partial charge is 0.311 e. The normalized spacial score (nSPS) is 11.0. The summed E-state index contributed by atoms with van der Waals surface area (Å²) in [6, 6.07) is 15.4. The summed E-state index contributed by atoms with van der Waals surface area (Å²) in [6.07, 6.45) is 1.42. The second kappa shape index (κ2) is 8.20. The molecular weight excluding hydrogens is 401 g/mol. The minimum Gasteiger partial charge on any atom is -0.311 e. The van der Waals surface area contributed by atoms with E-state index >= 15 is 0 Å². The molecule has 0 spiro atoms. The van der Waals surface area contributed by atoms with E-state index in [1.807, 2.05) is 44.2 Å². The summed E-state index contributed by atoms with van der Waals surface area (Å²) in [4.78, 5) is 33.8. The molecule has 1 amide bonds. The van der Waals surface area contributed by atoms with Crippen LogP contribution in [0.5, 0.6) is 0 Å². The number of rotatable bonds is 5. The first-order valence-corrected chi connectivity index (χ1v) is 10.4. The molecular formula is C23H20FN3O2S. The van der Waals surface area contributed by atoms with Crippen LogP contribution >= 0.6 is 11.3 Å². The van der Waals surface area contributed by atoms with Crippen LogP contribution in [0, 0.1) is 12.7 Å². The number of benzene rings is 2. The first-order valence-electron chi connectivity index (χ1n) is 9.59. The number of carbonyl (C=O) groups excluding carboxylic acids is 1. The zero-order valence-electron chi connectivity index (χ0n) is 16.6. The number of likely N-dealkylation sites (N-methyl/N-ethyl adjacent to an activating group) is 1. The lowest BCUT2D eigenvalue weighted by Crippen LogP contribution is -2.36. The Morgan fingerprint density at radius 3 is 2.50 bits per heavy atom. The molecule has 7 heteroatoms. The minimum atomic E-state index is -0.366. The van der Waals surface area contributed by atoms with Crippen molar-refractivity contribution >= 4 is 33.1 Å². The maximum Gasteiger partial charge on any atom is 0.263 e. The van der Waals surface area contributed by atoms with Crippen molar-refractivity contribution < 1.29 is 9.18 Å². The molecule has 5 nitrogen and oxygen atoms in total. The quantitative estimate of drug-likeness (QED) is 0.472. The van der Waals surface area contributed by atoms with Crippen LogP contribution in [-0.4, -0.2) is 22.0 Å². The van der Waals surface area contributed by atoms with Crippen molar-refractivity contribution in [1.29, 1.82) is 0 Å². The zero-order valence-corrected chi connectivity index (χ0v) is 17.4. The Kier molecular flexibility index (Phi) is 5.46. The summed E-state index contributed by atoms with van der Waals surface area (Å²) in [6.45, 7) is 4.07. The molecule has 0 aliphatic carbocycles. The molecule has 4 aromatic rings. The van der Waals surface area contributed by atoms with Gasteiger partial charge in [-0.1, -0.05) is 30.3 Å². The highest BCUT2D eigenvalue weighted by Crippen LogP contribution is 2.35. The fourth-order valence-electron chi connectivity index (χ4n) is 3.56. The molecule has 152 valence electrons. The van der Waals surface area contributed by atoms with E-state index in [0.717, 1.165) is 16.0 Å². The van der Waals surface area contributed by atoms with Crippen LogP contribution in [0.4, 0.5) is 10.1 Å². The van der Waals surface area contributed by atoms with Gasteiger partial charge in [-0.05, 0) is 43.7 Å². The summed E-state index contributed by atoms with van der Waals surface area (Å²) in [7, 11) is 0. The number of fused-ring (bicyclic) bond motifs is 1. The van der Waals surface area contributed by atoms with E-state index in [1.54, 1.807) is 12.1 Å². The number of aryl methyl sites for hydroxylation is 1. The van der Waals surface area contributed by atoms with E-state index in [9.17, 15) is 14.0 Å². The summed E-state index contributed by atoms with van der Waals surface area (Å²) in [5.74, 6) is -0.630. The molecule has 0 unspecified atom stereocenters. The number of hydrogen-bond acceptors (Lipinski definition) is 4. The minimum absolute atomic E-state index is 0.143. The molecule has 0 aliphatic rings. The molecule has 30 heavy (non-hydrogen) atoms. The van der Waals surface area contributed by atoms with Crippen molar-refractivity contribution in [2.75, 3.05) is 11.4 Å². The van der Waals surface area contributed by atoms with Crippen LogP contribution in [0.2, 0.25) is 0 Å². The number of anilines is 1. The fourth-order valence-corrected chi connectivity index (χ4v) is 4.56. The molecule has 2 aromatic heterocycles. The van der Waals surface area contributed by atoms with Gasteiger partial charge in [0.2, 0.25) is 5.91 Å². The average Bonchev–Trinajstić information content (AvgIpc) is 3.09. The van der Waals surface area contributed by atoms with E-state index in [4.69, 9.17) is 0 Å². The Morgan fingerprint density at radius 1 is 1.13 bits per heavy atom. The second-order valence-corrected chi connectivity index (χ2v) is 8.07. The van der Waals surface area contributed by atoms with Crippen molar-refractivity contribution in [3.8, 4) is 11.1 Å². The first kappa shape index (κ1) is 20.0. The number of nitrogens with zero attached hydrogens (tertiary/aromatic N) is 3. The molecule has 0 saturated heterocycles. The third kappa shape index (κ3) is 3.64. The van der Waals surface area contributed by atoms with Crippen molar-refractivity contribution in [1.82, 2.24) is 9.55 Å². The standard InChI is InChI=1S/C23H20FN3O2S/c1-3-27(18-11-9-17(24)10-12-18)19(28)13-26-14-25-22-21(23(26)29)20(15(2)30-22)16-7-5-4-6-8-16/h4-12,14H,3,13H2,1-2H3. The predicted octanol–water partition coefficient (Wildman–Crippen LogP) is 4.63. The van der Waals surface area contributed by atoms with E-state index in [1.165, 1.54) is 39.3 Å². The van der Waals surface area contributed by atoms with E-state index in [2.05, 4.69) is 4.98 Å². The van der Waals surface area contributed by atoms with Crippen molar-refractivity contribution in [2.45, 2.75) is 20.4 Å². The smallest absolute Gasteiger partial charge is 0.263 e. The Bertz CT molecular complexity index is 1260. The van der Waals surface area contributed by atoms with E-state index < -0.39 is 0 Å². The van der Waals surface area contributed by atoms with Gasteiger partial charge in [0.05, 0.1) is 11.7 Å². The van der Waals surface area contributed by atoms with Crippen molar-refractivity contribution in [2.24, 2.45) is 0 Å². The van der Waals surface area contributed by atoms with Gasteiger partial charge >= 0.3 is 0 Å². The monoisotopic (exact) mass is 421 g/mol. The molecule has 0 saturated carbocycles. The Morgan fingerprint density at radius 2 is 1.83 bits per heavy atom. The molecule has 0 N–H and O–H groups in total.